The number of non-ortho nitro benzene ring substituents is 1. The topological polar surface area (TPSA) is 84.3 Å². The molecule has 0 radical (unpaired) electrons. The van der Waals surface area contributed by atoms with E-state index >= 15 is 0 Å². The molecule has 126 valence electrons. The molecule has 0 aliphatic rings. The van der Waals surface area contributed by atoms with Gasteiger partial charge in [0.15, 0.2) is 0 Å². The van der Waals surface area contributed by atoms with Crippen molar-refractivity contribution in [2.24, 2.45) is 0 Å². The van der Waals surface area contributed by atoms with Gasteiger partial charge < -0.3 is 10.6 Å². The van der Waals surface area contributed by atoms with E-state index in [0.29, 0.717) is 11.3 Å². The van der Waals surface area contributed by atoms with Crippen LogP contribution < -0.4 is 10.6 Å². The first-order chi connectivity index (χ1) is 11.4. The maximum atomic E-state index is 13.6. The Kier molecular flexibility index (Phi) is 5.41. The van der Waals surface area contributed by atoms with Crippen molar-refractivity contribution in [1.29, 1.82) is 0 Å². The maximum Gasteiger partial charge on any atom is 0.270 e. The maximum absolute atomic E-state index is 13.6. The van der Waals surface area contributed by atoms with Crippen LogP contribution in [0.15, 0.2) is 36.4 Å². The number of nitrogens with one attached hydrogen (secondary N) is 2. The van der Waals surface area contributed by atoms with Gasteiger partial charge in [-0.1, -0.05) is 6.07 Å². The molecule has 1 amide bonds. The lowest BCUT2D eigenvalue weighted by molar-refractivity contribution is -0.384. The summed E-state index contributed by atoms with van der Waals surface area (Å²) >= 11 is 0. The first-order valence-corrected chi connectivity index (χ1v) is 7.10. The first kappa shape index (κ1) is 17.3. The molecule has 0 unspecified atom stereocenters. The molecule has 2 aromatic rings. The van der Waals surface area contributed by atoms with Crippen LogP contribution in [0.2, 0.25) is 0 Å². The van der Waals surface area contributed by atoms with Crippen molar-refractivity contribution in [2.75, 3.05) is 18.9 Å². The van der Waals surface area contributed by atoms with Gasteiger partial charge in [-0.2, -0.15) is 0 Å². The second kappa shape index (κ2) is 7.49. The van der Waals surface area contributed by atoms with Crippen LogP contribution in [0.3, 0.4) is 0 Å². The van der Waals surface area contributed by atoms with Gasteiger partial charge in [0, 0.05) is 37.5 Å². The summed E-state index contributed by atoms with van der Waals surface area (Å²) in [6, 6.07) is 7.18. The number of halogens is 2. The summed E-state index contributed by atoms with van der Waals surface area (Å²) in [5, 5.41) is 16.2. The lowest BCUT2D eigenvalue weighted by Gasteiger charge is -2.11. The average molecular weight is 335 g/mol. The van der Waals surface area contributed by atoms with Crippen LogP contribution in [0.1, 0.15) is 15.9 Å². The molecule has 0 heterocycles. The van der Waals surface area contributed by atoms with Crippen molar-refractivity contribution in [3.8, 4) is 0 Å². The summed E-state index contributed by atoms with van der Waals surface area (Å²) < 4.78 is 26.4. The number of nitrogens with zero attached hydrogens (tertiary/aromatic N) is 1. The van der Waals surface area contributed by atoms with Crippen LogP contribution in [-0.4, -0.2) is 24.4 Å². The summed E-state index contributed by atoms with van der Waals surface area (Å²) in [5.41, 5.74) is 0.629. The zero-order chi connectivity index (χ0) is 17.7. The fourth-order valence-corrected chi connectivity index (χ4v) is 2.18. The summed E-state index contributed by atoms with van der Waals surface area (Å²) in [5.74, 6) is -1.78. The van der Waals surface area contributed by atoms with Gasteiger partial charge in [-0.05, 0) is 24.1 Å². The van der Waals surface area contributed by atoms with Crippen molar-refractivity contribution in [2.45, 2.75) is 6.42 Å². The van der Waals surface area contributed by atoms with Gasteiger partial charge in [0.05, 0.1) is 10.5 Å². The predicted molar refractivity (Wildman–Crippen MR) is 85.0 cm³/mol. The third-order valence-electron chi connectivity index (χ3n) is 3.41. The number of amides is 1. The second-order valence-electron chi connectivity index (χ2n) is 4.98. The quantitative estimate of drug-likeness (QED) is 0.628. The van der Waals surface area contributed by atoms with Crippen LogP contribution in [0.25, 0.3) is 0 Å². The van der Waals surface area contributed by atoms with E-state index in [4.69, 9.17) is 0 Å². The van der Waals surface area contributed by atoms with E-state index in [1.165, 1.54) is 37.4 Å². The molecule has 2 aromatic carbocycles. The zero-order valence-electron chi connectivity index (χ0n) is 12.8. The minimum atomic E-state index is -0.651. The molecular weight excluding hydrogens is 320 g/mol. The number of carbonyl (C=O) groups is 1. The number of nitro groups is 1. The molecule has 6 nitrogen and oxygen atoms in total. The summed E-state index contributed by atoms with van der Waals surface area (Å²) in [6.45, 7) is 0.268. The summed E-state index contributed by atoms with van der Waals surface area (Å²) in [4.78, 5) is 22.1. The van der Waals surface area contributed by atoms with E-state index in [2.05, 4.69) is 10.6 Å². The minimum Gasteiger partial charge on any atom is -0.384 e. The smallest absolute Gasteiger partial charge is 0.270 e. The number of carbonyl (C=O) groups excluding carboxylic acids is 1. The Morgan fingerprint density at radius 2 is 1.96 bits per heavy atom. The molecule has 0 saturated heterocycles. The molecule has 24 heavy (non-hydrogen) atoms. The van der Waals surface area contributed by atoms with Gasteiger partial charge in [0.2, 0.25) is 0 Å². The van der Waals surface area contributed by atoms with E-state index in [1.54, 1.807) is 0 Å². The number of nitro benzene ring substituents is 1. The summed E-state index contributed by atoms with van der Waals surface area (Å²) in [7, 11) is 1.42. The molecule has 0 aromatic heterocycles. The normalized spacial score (nSPS) is 10.3. The van der Waals surface area contributed by atoms with Crippen LogP contribution in [0, 0.1) is 21.7 Å². The van der Waals surface area contributed by atoms with E-state index in [9.17, 15) is 23.7 Å². The van der Waals surface area contributed by atoms with E-state index in [0.717, 1.165) is 6.07 Å². The van der Waals surface area contributed by atoms with E-state index < -0.39 is 22.5 Å². The Labute approximate surface area is 136 Å². The van der Waals surface area contributed by atoms with Crippen molar-refractivity contribution >= 4 is 17.3 Å². The number of benzene rings is 2. The van der Waals surface area contributed by atoms with Crippen molar-refractivity contribution in [3.05, 3.63) is 69.3 Å². The Balaban J connectivity index is 2.14. The van der Waals surface area contributed by atoms with Gasteiger partial charge in [0.25, 0.3) is 11.6 Å². The average Bonchev–Trinajstić information content (AvgIpc) is 2.56. The van der Waals surface area contributed by atoms with Gasteiger partial charge in [-0.25, -0.2) is 8.78 Å². The number of hydrogen-bond donors (Lipinski definition) is 2. The first-order valence-electron chi connectivity index (χ1n) is 7.10. The molecule has 0 aliphatic carbocycles. The zero-order valence-corrected chi connectivity index (χ0v) is 12.8. The van der Waals surface area contributed by atoms with Crippen molar-refractivity contribution in [3.63, 3.8) is 0 Å². The van der Waals surface area contributed by atoms with Crippen LogP contribution in [-0.2, 0) is 6.42 Å². The lowest BCUT2D eigenvalue weighted by atomic mass is 10.1. The standard InChI is InChI=1S/C16H15F2N3O3/c1-19-16(22)13-9-12(21(23)24)4-5-15(13)20-7-6-10-2-3-11(17)8-14(10)18/h2-5,8-9,20H,6-7H2,1H3,(H,19,22). The highest BCUT2D eigenvalue weighted by atomic mass is 19.1. The fraction of sp³-hybridized carbons (Fsp3) is 0.188. The molecule has 0 fully saturated rings. The number of hydrogen-bond acceptors (Lipinski definition) is 4. The molecule has 2 N–H and O–H groups in total. The lowest BCUT2D eigenvalue weighted by Crippen LogP contribution is -2.20. The highest BCUT2D eigenvalue weighted by Crippen LogP contribution is 2.22. The van der Waals surface area contributed by atoms with Crippen LogP contribution in [0.4, 0.5) is 20.2 Å². The molecule has 0 saturated carbocycles. The second-order valence-corrected chi connectivity index (χ2v) is 4.98. The Bertz CT molecular complexity index is 781. The highest BCUT2D eigenvalue weighted by Gasteiger charge is 2.15. The minimum absolute atomic E-state index is 0.117. The predicted octanol–water partition coefficient (Wildman–Crippen LogP) is 2.89. The van der Waals surface area contributed by atoms with Crippen LogP contribution in [0.5, 0.6) is 0 Å². The van der Waals surface area contributed by atoms with E-state index in [-0.39, 0.29) is 24.2 Å². The van der Waals surface area contributed by atoms with Gasteiger partial charge in [-0.15, -0.1) is 0 Å². The Morgan fingerprint density at radius 1 is 1.21 bits per heavy atom. The van der Waals surface area contributed by atoms with Crippen molar-refractivity contribution in [1.82, 2.24) is 5.32 Å². The SMILES string of the molecule is CNC(=O)c1cc([N+](=O)[O-])ccc1NCCc1ccc(F)cc1F. The highest BCUT2D eigenvalue weighted by molar-refractivity contribution is 6.00. The molecule has 2 rings (SSSR count). The molecule has 0 bridgehead atoms. The Hall–Kier alpha value is -3.03. The molecule has 8 heteroatoms. The third kappa shape index (κ3) is 4.03. The van der Waals surface area contributed by atoms with Gasteiger partial charge in [-0.3, -0.25) is 14.9 Å². The largest absolute Gasteiger partial charge is 0.384 e. The van der Waals surface area contributed by atoms with Gasteiger partial charge in [0.1, 0.15) is 11.6 Å². The van der Waals surface area contributed by atoms with Crippen molar-refractivity contribution < 1.29 is 18.5 Å². The molecular formula is C16H15F2N3O3. The Morgan fingerprint density at radius 3 is 2.58 bits per heavy atom. The number of rotatable bonds is 6. The molecule has 0 atom stereocenters. The number of anilines is 1. The van der Waals surface area contributed by atoms with Crippen LogP contribution >= 0.6 is 0 Å². The monoisotopic (exact) mass is 335 g/mol. The van der Waals surface area contributed by atoms with E-state index in [1.807, 2.05) is 0 Å². The molecule has 0 spiro atoms. The molecule has 0 aliphatic heterocycles. The summed E-state index contributed by atoms with van der Waals surface area (Å²) in [6.07, 6.45) is 0.260. The van der Waals surface area contributed by atoms with Gasteiger partial charge >= 0.3 is 0 Å². The fourth-order valence-electron chi connectivity index (χ4n) is 2.18. The third-order valence-corrected chi connectivity index (χ3v) is 3.41.